The van der Waals surface area contributed by atoms with Gasteiger partial charge in [0, 0.05) is 43.1 Å². The Hall–Kier alpha value is 0.0600. The molecule has 2 aliphatic heterocycles. The topological polar surface area (TPSA) is 26.7 Å². The van der Waals surface area contributed by atoms with Gasteiger partial charge in [-0.1, -0.05) is 0 Å². The van der Waals surface area contributed by atoms with Gasteiger partial charge in [0.15, 0.2) is 0 Å². The van der Waals surface area contributed by atoms with Crippen molar-refractivity contribution in [1.29, 1.82) is 0 Å². The van der Waals surface area contributed by atoms with Gasteiger partial charge in [0.2, 0.25) is 0 Å². The van der Waals surface area contributed by atoms with E-state index in [-0.39, 0.29) is 6.10 Å². The first-order valence-electron chi connectivity index (χ1n) is 6.52. The summed E-state index contributed by atoms with van der Waals surface area (Å²) < 4.78 is 1.21. The van der Waals surface area contributed by atoms with Crippen molar-refractivity contribution in [2.24, 2.45) is 0 Å². The Morgan fingerprint density at radius 1 is 1.39 bits per heavy atom. The van der Waals surface area contributed by atoms with Gasteiger partial charge >= 0.3 is 0 Å². The van der Waals surface area contributed by atoms with Gasteiger partial charge in [0.05, 0.1) is 9.89 Å². The summed E-state index contributed by atoms with van der Waals surface area (Å²) in [7, 11) is 0. The predicted molar refractivity (Wildman–Crippen MR) is 77.9 cm³/mol. The molecule has 18 heavy (non-hydrogen) atoms. The fourth-order valence-corrected chi connectivity index (χ4v) is 4.64. The van der Waals surface area contributed by atoms with Crippen molar-refractivity contribution in [2.45, 2.75) is 38.1 Å². The second-order valence-electron chi connectivity index (χ2n) is 5.48. The quantitative estimate of drug-likeness (QED) is 0.900. The third kappa shape index (κ3) is 2.65. The number of hydrogen-bond donors (Lipinski definition) is 1. The van der Waals surface area contributed by atoms with E-state index in [2.05, 4.69) is 44.8 Å². The minimum absolute atomic E-state index is 0.113. The van der Waals surface area contributed by atoms with Crippen LogP contribution in [0.1, 0.15) is 18.2 Å². The fourth-order valence-electron chi connectivity index (χ4n) is 3.13. The molecule has 2 saturated heterocycles. The van der Waals surface area contributed by atoms with Gasteiger partial charge < -0.3 is 5.11 Å². The molecule has 0 saturated carbocycles. The summed E-state index contributed by atoms with van der Waals surface area (Å²) in [6, 6.07) is 5.46. The molecule has 3 nitrogen and oxygen atoms in total. The van der Waals surface area contributed by atoms with Crippen molar-refractivity contribution in [3.8, 4) is 0 Å². The highest BCUT2D eigenvalue weighted by Gasteiger charge is 2.37. The second-order valence-corrected chi connectivity index (χ2v) is 8.03. The number of nitrogens with zero attached hydrogens (tertiary/aromatic N) is 2. The zero-order valence-corrected chi connectivity index (χ0v) is 13.0. The van der Waals surface area contributed by atoms with Crippen molar-refractivity contribution in [3.05, 3.63) is 20.8 Å². The van der Waals surface area contributed by atoms with Gasteiger partial charge in [-0.05, 0) is 41.4 Å². The lowest BCUT2D eigenvalue weighted by Gasteiger charge is -2.42. The molecule has 1 aromatic heterocycles. The first-order chi connectivity index (χ1) is 8.61. The Morgan fingerprint density at radius 3 is 2.94 bits per heavy atom. The van der Waals surface area contributed by atoms with Crippen LogP contribution in [-0.2, 0) is 6.54 Å². The molecule has 3 rings (SSSR count). The number of aliphatic hydroxyl groups is 1. The van der Waals surface area contributed by atoms with E-state index in [1.165, 1.54) is 8.66 Å². The second kappa shape index (κ2) is 5.21. The van der Waals surface area contributed by atoms with Gasteiger partial charge in [-0.2, -0.15) is 0 Å². The van der Waals surface area contributed by atoms with Crippen LogP contribution in [0.4, 0.5) is 0 Å². The van der Waals surface area contributed by atoms with Gasteiger partial charge in [-0.25, -0.2) is 0 Å². The molecular formula is C13H19BrN2OS. The minimum atomic E-state index is -0.113. The van der Waals surface area contributed by atoms with Crippen LogP contribution in [0.25, 0.3) is 0 Å². The maximum Gasteiger partial charge on any atom is 0.0701 e. The standard InChI is InChI=1S/C13H19BrN2OS/c1-9-5-16-7-11(17)4-10(16)6-15(9)8-12-2-3-13(14)18-12/h2-3,9-11,17H,4-8H2,1H3/t9-,10?,11-/m1/s1. The van der Waals surface area contributed by atoms with E-state index in [0.717, 1.165) is 32.6 Å². The summed E-state index contributed by atoms with van der Waals surface area (Å²) in [6.45, 7) is 6.39. The molecule has 3 heterocycles. The first-order valence-corrected chi connectivity index (χ1v) is 8.13. The van der Waals surface area contributed by atoms with Crippen LogP contribution in [0, 0.1) is 0 Å². The van der Waals surface area contributed by atoms with E-state index in [1.54, 1.807) is 0 Å². The highest BCUT2D eigenvalue weighted by molar-refractivity contribution is 9.11. The van der Waals surface area contributed by atoms with Crippen molar-refractivity contribution in [3.63, 3.8) is 0 Å². The van der Waals surface area contributed by atoms with Crippen LogP contribution in [-0.4, -0.2) is 52.7 Å². The average Bonchev–Trinajstić information content (AvgIpc) is 2.85. The summed E-state index contributed by atoms with van der Waals surface area (Å²) in [5.74, 6) is 0. The van der Waals surface area contributed by atoms with Crippen LogP contribution in [0.5, 0.6) is 0 Å². The molecule has 0 amide bonds. The molecule has 0 radical (unpaired) electrons. The van der Waals surface area contributed by atoms with E-state index in [4.69, 9.17) is 0 Å². The lowest BCUT2D eigenvalue weighted by atomic mass is 10.1. The van der Waals surface area contributed by atoms with E-state index in [1.807, 2.05) is 11.3 Å². The molecule has 2 fully saturated rings. The maximum atomic E-state index is 9.76. The van der Waals surface area contributed by atoms with Gasteiger partial charge in [0.25, 0.3) is 0 Å². The minimum Gasteiger partial charge on any atom is -0.392 e. The number of hydrogen-bond acceptors (Lipinski definition) is 4. The predicted octanol–water partition coefficient (Wildman–Crippen LogP) is 2.15. The Labute approximate surface area is 121 Å². The molecule has 100 valence electrons. The summed E-state index contributed by atoms with van der Waals surface area (Å²) in [5, 5.41) is 9.76. The Balaban J connectivity index is 1.66. The molecule has 1 unspecified atom stereocenters. The van der Waals surface area contributed by atoms with Gasteiger partial charge in [0.1, 0.15) is 0 Å². The Bertz CT molecular complexity index is 425. The smallest absolute Gasteiger partial charge is 0.0701 e. The number of piperazine rings is 1. The molecule has 3 atom stereocenters. The zero-order valence-electron chi connectivity index (χ0n) is 10.6. The van der Waals surface area contributed by atoms with E-state index in [9.17, 15) is 5.11 Å². The number of rotatable bonds is 2. The van der Waals surface area contributed by atoms with Gasteiger partial charge in [-0.15, -0.1) is 11.3 Å². The van der Waals surface area contributed by atoms with E-state index >= 15 is 0 Å². The largest absolute Gasteiger partial charge is 0.392 e. The molecule has 5 heteroatoms. The Morgan fingerprint density at radius 2 is 2.22 bits per heavy atom. The molecule has 1 aromatic rings. The fraction of sp³-hybridized carbons (Fsp3) is 0.692. The van der Waals surface area contributed by atoms with Crippen molar-refractivity contribution in [2.75, 3.05) is 19.6 Å². The summed E-state index contributed by atoms with van der Waals surface area (Å²) in [4.78, 5) is 6.42. The van der Waals surface area contributed by atoms with Crippen LogP contribution in [0.3, 0.4) is 0 Å². The third-order valence-electron chi connectivity index (χ3n) is 4.06. The molecule has 0 aliphatic carbocycles. The molecule has 2 aliphatic rings. The average molecular weight is 331 g/mol. The number of halogens is 1. The van der Waals surface area contributed by atoms with Crippen LogP contribution < -0.4 is 0 Å². The van der Waals surface area contributed by atoms with Crippen molar-refractivity contribution < 1.29 is 5.11 Å². The van der Waals surface area contributed by atoms with Crippen molar-refractivity contribution >= 4 is 27.3 Å². The van der Waals surface area contributed by atoms with E-state index in [0.29, 0.717) is 12.1 Å². The highest BCUT2D eigenvalue weighted by Crippen LogP contribution is 2.28. The Kier molecular flexibility index (Phi) is 3.78. The van der Waals surface area contributed by atoms with Crippen molar-refractivity contribution in [1.82, 2.24) is 9.80 Å². The summed E-state index contributed by atoms with van der Waals surface area (Å²) in [5.41, 5.74) is 0. The maximum absolute atomic E-state index is 9.76. The summed E-state index contributed by atoms with van der Waals surface area (Å²) >= 11 is 5.34. The zero-order chi connectivity index (χ0) is 12.7. The SMILES string of the molecule is C[C@@H]1CN2C[C@H](O)CC2CN1Cc1ccc(Br)s1. The lowest BCUT2D eigenvalue weighted by Crippen LogP contribution is -2.54. The van der Waals surface area contributed by atoms with E-state index < -0.39 is 0 Å². The first kappa shape index (κ1) is 13.1. The normalized spacial score (nSPS) is 33.8. The number of aliphatic hydroxyl groups excluding tert-OH is 1. The van der Waals surface area contributed by atoms with Gasteiger partial charge in [-0.3, -0.25) is 9.80 Å². The third-order valence-corrected chi connectivity index (χ3v) is 5.67. The molecule has 0 bridgehead atoms. The molecule has 1 N–H and O–H groups in total. The molecule has 0 spiro atoms. The number of fused-ring (bicyclic) bond motifs is 1. The molecular weight excluding hydrogens is 312 g/mol. The molecule has 0 aromatic carbocycles. The summed E-state index contributed by atoms with van der Waals surface area (Å²) in [6.07, 6.45) is 0.829. The highest BCUT2D eigenvalue weighted by atomic mass is 79.9. The van der Waals surface area contributed by atoms with Crippen LogP contribution in [0.15, 0.2) is 15.9 Å². The number of thiophene rings is 1. The van der Waals surface area contributed by atoms with Crippen LogP contribution >= 0.6 is 27.3 Å². The lowest BCUT2D eigenvalue weighted by molar-refractivity contribution is 0.0535. The monoisotopic (exact) mass is 330 g/mol. The van der Waals surface area contributed by atoms with Crippen LogP contribution in [0.2, 0.25) is 0 Å².